The molecule has 0 aliphatic carbocycles. The Balaban J connectivity index is 1.38. The van der Waals surface area contributed by atoms with Crippen LogP contribution in [0.2, 0.25) is 0 Å². The van der Waals surface area contributed by atoms with Crippen molar-refractivity contribution in [3.63, 3.8) is 0 Å². The summed E-state index contributed by atoms with van der Waals surface area (Å²) >= 11 is 0. The van der Waals surface area contributed by atoms with Gasteiger partial charge in [-0.15, -0.1) is 10.2 Å². The maximum Gasteiger partial charge on any atom is 0.225 e. The molecule has 1 amide bonds. The smallest absolute Gasteiger partial charge is 0.225 e. The fourth-order valence-electron chi connectivity index (χ4n) is 3.94. The van der Waals surface area contributed by atoms with Crippen LogP contribution in [0.25, 0.3) is 11.3 Å². The standard InChI is InChI=1S/C25H28N4O/c1-18-9-11-20(12-10-18)16-26-25(30)21-7-5-15-29(17-21)24-14-13-23(27-28-24)22-8-4-3-6-19(22)2/h3-4,6,8-14,21H,5,7,15-17H2,1-2H3,(H,26,30)/t21-/m0/s1. The minimum Gasteiger partial charge on any atom is -0.354 e. The van der Waals surface area contributed by atoms with E-state index in [0.717, 1.165) is 42.0 Å². The number of hydrogen-bond acceptors (Lipinski definition) is 4. The SMILES string of the molecule is Cc1ccc(CNC(=O)[C@H]2CCCN(c3ccc(-c4ccccc4C)nn3)C2)cc1. The molecule has 0 spiro atoms. The van der Waals surface area contributed by atoms with Crippen LogP contribution in [-0.4, -0.2) is 29.2 Å². The Morgan fingerprint density at radius 3 is 2.57 bits per heavy atom. The number of piperidine rings is 1. The van der Waals surface area contributed by atoms with E-state index in [-0.39, 0.29) is 11.8 Å². The molecule has 30 heavy (non-hydrogen) atoms. The first-order valence-corrected chi connectivity index (χ1v) is 10.6. The fraction of sp³-hybridized carbons (Fsp3) is 0.320. The molecular weight excluding hydrogens is 372 g/mol. The normalized spacial score (nSPS) is 16.3. The van der Waals surface area contributed by atoms with E-state index in [4.69, 9.17) is 0 Å². The molecule has 2 aromatic carbocycles. The van der Waals surface area contributed by atoms with E-state index in [1.54, 1.807) is 0 Å². The predicted molar refractivity (Wildman–Crippen MR) is 120 cm³/mol. The summed E-state index contributed by atoms with van der Waals surface area (Å²) in [6.45, 7) is 6.30. The molecule has 1 aromatic heterocycles. The lowest BCUT2D eigenvalue weighted by molar-refractivity contribution is -0.125. The van der Waals surface area contributed by atoms with Gasteiger partial charge in [0, 0.05) is 25.2 Å². The van der Waals surface area contributed by atoms with E-state index >= 15 is 0 Å². The van der Waals surface area contributed by atoms with Crippen molar-refractivity contribution in [1.29, 1.82) is 0 Å². The highest BCUT2D eigenvalue weighted by Gasteiger charge is 2.26. The third-order valence-corrected chi connectivity index (χ3v) is 5.78. The number of aryl methyl sites for hydroxylation is 2. The van der Waals surface area contributed by atoms with Crippen LogP contribution in [0.3, 0.4) is 0 Å². The maximum absolute atomic E-state index is 12.7. The number of carbonyl (C=O) groups is 1. The molecule has 0 bridgehead atoms. The van der Waals surface area contributed by atoms with Crippen LogP contribution in [0, 0.1) is 19.8 Å². The zero-order chi connectivity index (χ0) is 20.9. The molecule has 1 N–H and O–H groups in total. The van der Waals surface area contributed by atoms with Crippen molar-refractivity contribution in [3.8, 4) is 11.3 Å². The van der Waals surface area contributed by atoms with Crippen LogP contribution in [0.15, 0.2) is 60.7 Å². The summed E-state index contributed by atoms with van der Waals surface area (Å²) in [7, 11) is 0. The first kappa shape index (κ1) is 20.1. The summed E-state index contributed by atoms with van der Waals surface area (Å²) in [5, 5.41) is 12.0. The van der Waals surface area contributed by atoms with E-state index in [0.29, 0.717) is 13.1 Å². The van der Waals surface area contributed by atoms with Crippen molar-refractivity contribution in [2.45, 2.75) is 33.2 Å². The number of anilines is 1. The zero-order valence-electron chi connectivity index (χ0n) is 17.6. The van der Waals surface area contributed by atoms with Crippen LogP contribution in [-0.2, 0) is 11.3 Å². The van der Waals surface area contributed by atoms with Gasteiger partial charge in [0.15, 0.2) is 5.82 Å². The van der Waals surface area contributed by atoms with Gasteiger partial charge >= 0.3 is 0 Å². The molecule has 154 valence electrons. The number of nitrogens with zero attached hydrogens (tertiary/aromatic N) is 3. The van der Waals surface area contributed by atoms with E-state index < -0.39 is 0 Å². The second-order valence-electron chi connectivity index (χ2n) is 8.08. The second-order valence-corrected chi connectivity index (χ2v) is 8.08. The van der Waals surface area contributed by atoms with E-state index in [2.05, 4.69) is 70.7 Å². The van der Waals surface area contributed by atoms with Gasteiger partial charge in [0.05, 0.1) is 11.6 Å². The van der Waals surface area contributed by atoms with Gasteiger partial charge in [-0.1, -0.05) is 54.1 Å². The molecule has 1 fully saturated rings. The first-order chi connectivity index (χ1) is 14.6. The third kappa shape index (κ3) is 4.67. The highest BCUT2D eigenvalue weighted by molar-refractivity contribution is 5.79. The fourth-order valence-corrected chi connectivity index (χ4v) is 3.94. The van der Waals surface area contributed by atoms with Gasteiger partial charge in [0.25, 0.3) is 0 Å². The summed E-state index contributed by atoms with van der Waals surface area (Å²) in [5.74, 6) is 0.926. The van der Waals surface area contributed by atoms with Crippen molar-refractivity contribution < 1.29 is 4.79 Å². The Morgan fingerprint density at radius 1 is 1.03 bits per heavy atom. The molecule has 4 rings (SSSR count). The molecule has 5 nitrogen and oxygen atoms in total. The quantitative estimate of drug-likeness (QED) is 0.694. The summed E-state index contributed by atoms with van der Waals surface area (Å²) in [4.78, 5) is 14.9. The van der Waals surface area contributed by atoms with Gasteiger partial charge < -0.3 is 10.2 Å². The number of amides is 1. The molecule has 1 aliphatic rings. The van der Waals surface area contributed by atoms with Crippen LogP contribution < -0.4 is 10.2 Å². The Morgan fingerprint density at radius 2 is 1.83 bits per heavy atom. The average Bonchev–Trinajstić information content (AvgIpc) is 2.79. The van der Waals surface area contributed by atoms with Crippen LogP contribution in [0.5, 0.6) is 0 Å². The van der Waals surface area contributed by atoms with Crippen molar-refractivity contribution in [2.75, 3.05) is 18.0 Å². The van der Waals surface area contributed by atoms with Crippen molar-refractivity contribution in [1.82, 2.24) is 15.5 Å². The summed E-state index contributed by atoms with van der Waals surface area (Å²) in [6.07, 6.45) is 1.88. The lowest BCUT2D eigenvalue weighted by Crippen LogP contribution is -2.43. The van der Waals surface area contributed by atoms with Crippen molar-refractivity contribution >= 4 is 11.7 Å². The Hall–Kier alpha value is -3.21. The molecule has 2 heterocycles. The van der Waals surface area contributed by atoms with Crippen molar-refractivity contribution in [2.24, 2.45) is 5.92 Å². The topological polar surface area (TPSA) is 58.1 Å². The van der Waals surface area contributed by atoms with Gasteiger partial charge in [-0.05, 0) is 49.9 Å². The molecular formula is C25H28N4O. The minimum atomic E-state index is -0.0259. The summed E-state index contributed by atoms with van der Waals surface area (Å²) < 4.78 is 0. The number of carbonyl (C=O) groups excluding carboxylic acids is 1. The van der Waals surface area contributed by atoms with E-state index in [1.165, 1.54) is 11.1 Å². The third-order valence-electron chi connectivity index (χ3n) is 5.78. The number of rotatable bonds is 5. The molecule has 1 atom stereocenters. The van der Waals surface area contributed by atoms with Gasteiger partial charge in [-0.3, -0.25) is 4.79 Å². The molecule has 3 aromatic rings. The van der Waals surface area contributed by atoms with Crippen LogP contribution in [0.4, 0.5) is 5.82 Å². The van der Waals surface area contributed by atoms with Crippen LogP contribution in [0.1, 0.15) is 29.5 Å². The lowest BCUT2D eigenvalue weighted by Gasteiger charge is -2.32. The summed E-state index contributed by atoms with van der Waals surface area (Å²) in [5.41, 5.74) is 5.51. The average molecular weight is 401 g/mol. The van der Waals surface area contributed by atoms with Gasteiger partial charge in [-0.2, -0.15) is 0 Å². The lowest BCUT2D eigenvalue weighted by atomic mass is 9.97. The highest BCUT2D eigenvalue weighted by Crippen LogP contribution is 2.25. The number of nitrogens with one attached hydrogen (secondary N) is 1. The first-order valence-electron chi connectivity index (χ1n) is 10.6. The monoisotopic (exact) mass is 400 g/mol. The van der Waals surface area contributed by atoms with E-state index in [9.17, 15) is 4.79 Å². The predicted octanol–water partition coefficient (Wildman–Crippen LogP) is 4.29. The largest absolute Gasteiger partial charge is 0.354 e. The summed E-state index contributed by atoms with van der Waals surface area (Å²) in [6, 6.07) is 20.5. The molecule has 1 saturated heterocycles. The Bertz CT molecular complexity index is 998. The van der Waals surface area contributed by atoms with Gasteiger partial charge in [0.2, 0.25) is 5.91 Å². The van der Waals surface area contributed by atoms with Crippen molar-refractivity contribution in [3.05, 3.63) is 77.4 Å². The number of aromatic nitrogens is 2. The Labute approximate surface area is 178 Å². The highest BCUT2D eigenvalue weighted by atomic mass is 16.1. The molecule has 1 aliphatic heterocycles. The second kappa shape index (κ2) is 9.08. The van der Waals surface area contributed by atoms with Gasteiger partial charge in [-0.25, -0.2) is 0 Å². The minimum absolute atomic E-state index is 0.0259. The van der Waals surface area contributed by atoms with Gasteiger partial charge in [0.1, 0.15) is 0 Å². The zero-order valence-corrected chi connectivity index (χ0v) is 17.6. The Kier molecular flexibility index (Phi) is 6.07. The molecule has 0 radical (unpaired) electrons. The van der Waals surface area contributed by atoms with E-state index in [1.807, 2.05) is 24.3 Å². The number of hydrogen-bond donors (Lipinski definition) is 1. The van der Waals surface area contributed by atoms with Crippen LogP contribution >= 0.6 is 0 Å². The molecule has 5 heteroatoms. The number of benzene rings is 2. The maximum atomic E-state index is 12.7. The molecule has 0 unspecified atom stereocenters. The molecule has 0 saturated carbocycles.